The van der Waals surface area contributed by atoms with Crippen LogP contribution < -0.4 is 4.90 Å². The summed E-state index contributed by atoms with van der Waals surface area (Å²) in [6.45, 7) is 7.01. The summed E-state index contributed by atoms with van der Waals surface area (Å²) < 4.78 is 10.8. The molecular weight excluding hydrogens is 374 g/mol. The van der Waals surface area contributed by atoms with Gasteiger partial charge in [-0.15, -0.1) is 11.8 Å². The van der Waals surface area contributed by atoms with Crippen LogP contribution in [0.25, 0.3) is 0 Å². The van der Waals surface area contributed by atoms with E-state index in [9.17, 15) is 9.59 Å². The molecular formula is C22H27NO4S. The van der Waals surface area contributed by atoms with Gasteiger partial charge in [0, 0.05) is 16.3 Å². The topological polar surface area (TPSA) is 55.8 Å². The molecule has 0 unspecified atom stereocenters. The molecule has 2 rings (SSSR count). The number of benzene rings is 2. The lowest BCUT2D eigenvalue weighted by Gasteiger charge is -2.31. The van der Waals surface area contributed by atoms with E-state index in [0.717, 1.165) is 4.90 Å². The van der Waals surface area contributed by atoms with Crippen molar-refractivity contribution in [1.82, 2.24) is 0 Å². The Balaban J connectivity index is 2.56. The standard InChI is InChI=1S/C22H27NO4S/c1-15(2)26-21(24)20(22(25)27-16(3)4)23(17-9-7-6-8-10-17)18-11-13-19(28-5)14-12-18/h6-16,20H,1-5H3. The van der Waals surface area contributed by atoms with Gasteiger partial charge in [-0.05, 0) is 70.3 Å². The second-order valence-electron chi connectivity index (χ2n) is 6.78. The molecule has 0 aliphatic carbocycles. The van der Waals surface area contributed by atoms with Gasteiger partial charge >= 0.3 is 11.9 Å². The van der Waals surface area contributed by atoms with Gasteiger partial charge in [-0.25, -0.2) is 9.59 Å². The fourth-order valence-electron chi connectivity index (χ4n) is 2.68. The van der Waals surface area contributed by atoms with Crippen LogP contribution in [0.5, 0.6) is 0 Å². The molecule has 0 aliphatic heterocycles. The van der Waals surface area contributed by atoms with Gasteiger partial charge in [-0.1, -0.05) is 18.2 Å². The van der Waals surface area contributed by atoms with E-state index in [1.165, 1.54) is 0 Å². The van der Waals surface area contributed by atoms with E-state index in [1.54, 1.807) is 44.4 Å². The van der Waals surface area contributed by atoms with Crippen molar-refractivity contribution in [3.8, 4) is 0 Å². The Kier molecular flexibility index (Phi) is 7.93. The van der Waals surface area contributed by atoms with Crippen LogP contribution in [0.1, 0.15) is 27.7 Å². The van der Waals surface area contributed by atoms with Crippen molar-refractivity contribution >= 4 is 35.1 Å². The van der Waals surface area contributed by atoms with Crippen LogP contribution >= 0.6 is 11.8 Å². The number of carbonyl (C=O) groups excluding carboxylic acids is 2. The Bertz CT molecular complexity index is 753. The monoisotopic (exact) mass is 401 g/mol. The van der Waals surface area contributed by atoms with Crippen LogP contribution in [0.15, 0.2) is 59.5 Å². The minimum atomic E-state index is -1.24. The fraction of sp³-hybridized carbons (Fsp3) is 0.364. The lowest BCUT2D eigenvalue weighted by molar-refractivity contribution is -0.160. The quantitative estimate of drug-likeness (QED) is 0.359. The molecule has 0 fully saturated rings. The third-order valence-electron chi connectivity index (χ3n) is 3.79. The third kappa shape index (κ3) is 5.76. The zero-order valence-corrected chi connectivity index (χ0v) is 17.7. The molecule has 6 heteroatoms. The van der Waals surface area contributed by atoms with Crippen molar-refractivity contribution in [3.63, 3.8) is 0 Å². The van der Waals surface area contributed by atoms with Gasteiger partial charge in [-0.2, -0.15) is 0 Å². The third-order valence-corrected chi connectivity index (χ3v) is 4.54. The zero-order valence-electron chi connectivity index (χ0n) is 16.9. The lowest BCUT2D eigenvalue weighted by Crippen LogP contribution is -2.47. The first kappa shape index (κ1) is 21.8. The molecule has 0 radical (unpaired) electrons. The van der Waals surface area contributed by atoms with Gasteiger partial charge in [0.05, 0.1) is 12.2 Å². The number of hydrogen-bond acceptors (Lipinski definition) is 6. The molecule has 0 aromatic heterocycles. The predicted molar refractivity (Wildman–Crippen MR) is 113 cm³/mol. The van der Waals surface area contributed by atoms with E-state index in [4.69, 9.17) is 9.47 Å². The van der Waals surface area contributed by atoms with Crippen molar-refractivity contribution in [2.75, 3.05) is 11.2 Å². The summed E-state index contributed by atoms with van der Waals surface area (Å²) in [6.07, 6.45) is 1.30. The molecule has 2 aromatic carbocycles. The molecule has 0 heterocycles. The number of ether oxygens (including phenoxy) is 2. The Morgan fingerprint density at radius 1 is 0.786 bits per heavy atom. The molecule has 0 aliphatic rings. The first-order valence-electron chi connectivity index (χ1n) is 9.22. The summed E-state index contributed by atoms with van der Waals surface area (Å²) in [7, 11) is 0. The molecule has 0 bridgehead atoms. The van der Waals surface area contributed by atoms with Crippen molar-refractivity contribution in [2.24, 2.45) is 0 Å². The van der Waals surface area contributed by atoms with E-state index >= 15 is 0 Å². The van der Waals surface area contributed by atoms with E-state index in [-0.39, 0.29) is 12.2 Å². The highest BCUT2D eigenvalue weighted by atomic mass is 32.2. The highest BCUT2D eigenvalue weighted by Crippen LogP contribution is 2.31. The number of rotatable bonds is 8. The van der Waals surface area contributed by atoms with Crippen LogP contribution in [0.4, 0.5) is 11.4 Å². The minimum absolute atomic E-state index is 0.349. The number of thioether (sulfide) groups is 1. The number of esters is 2. The van der Waals surface area contributed by atoms with E-state index in [2.05, 4.69) is 0 Å². The Labute approximate surface area is 171 Å². The molecule has 5 nitrogen and oxygen atoms in total. The molecule has 0 spiro atoms. The van der Waals surface area contributed by atoms with E-state index < -0.39 is 18.0 Å². The summed E-state index contributed by atoms with van der Waals surface area (Å²) in [4.78, 5) is 28.6. The van der Waals surface area contributed by atoms with Crippen LogP contribution in [-0.4, -0.2) is 36.4 Å². The minimum Gasteiger partial charge on any atom is -0.461 e. The summed E-state index contributed by atoms with van der Waals surface area (Å²) in [5.74, 6) is -1.28. The van der Waals surface area contributed by atoms with E-state index in [1.807, 2.05) is 60.9 Å². The number of nitrogens with zero attached hydrogens (tertiary/aromatic N) is 1. The highest BCUT2D eigenvalue weighted by molar-refractivity contribution is 7.98. The van der Waals surface area contributed by atoms with Gasteiger partial charge in [0.1, 0.15) is 0 Å². The van der Waals surface area contributed by atoms with Gasteiger partial charge in [0.15, 0.2) is 0 Å². The highest BCUT2D eigenvalue weighted by Gasteiger charge is 2.38. The van der Waals surface area contributed by atoms with Gasteiger partial charge in [-0.3, -0.25) is 0 Å². The molecule has 150 valence electrons. The first-order chi connectivity index (χ1) is 13.3. The van der Waals surface area contributed by atoms with Crippen LogP contribution in [0.2, 0.25) is 0 Å². The SMILES string of the molecule is CSc1ccc(N(c2ccccc2)C(C(=O)OC(C)C)C(=O)OC(C)C)cc1. The predicted octanol–water partition coefficient (Wildman–Crippen LogP) is 4.82. The molecule has 0 atom stereocenters. The second-order valence-corrected chi connectivity index (χ2v) is 7.66. The van der Waals surface area contributed by atoms with Crippen LogP contribution in [-0.2, 0) is 19.1 Å². The summed E-state index contributed by atoms with van der Waals surface area (Å²) >= 11 is 1.62. The second kappa shape index (κ2) is 10.2. The van der Waals surface area contributed by atoms with Crippen molar-refractivity contribution < 1.29 is 19.1 Å². The number of anilines is 2. The smallest absolute Gasteiger partial charge is 0.341 e. The summed E-state index contributed by atoms with van der Waals surface area (Å²) in [5.41, 5.74) is 1.40. The number of para-hydroxylation sites is 1. The maximum atomic E-state index is 12.9. The maximum Gasteiger partial charge on any atom is 0.341 e. The Morgan fingerprint density at radius 3 is 1.68 bits per heavy atom. The van der Waals surface area contributed by atoms with E-state index in [0.29, 0.717) is 11.4 Å². The van der Waals surface area contributed by atoms with Gasteiger partial charge < -0.3 is 14.4 Å². The van der Waals surface area contributed by atoms with Crippen LogP contribution in [0.3, 0.4) is 0 Å². The maximum absolute atomic E-state index is 12.9. The van der Waals surface area contributed by atoms with Crippen molar-refractivity contribution in [3.05, 3.63) is 54.6 Å². The Hall–Kier alpha value is -2.47. The molecule has 28 heavy (non-hydrogen) atoms. The summed E-state index contributed by atoms with van der Waals surface area (Å²) in [6, 6.07) is 15.7. The molecule has 0 N–H and O–H groups in total. The molecule has 0 amide bonds. The number of carbonyl (C=O) groups is 2. The van der Waals surface area contributed by atoms with Gasteiger partial charge in [0.25, 0.3) is 0 Å². The van der Waals surface area contributed by atoms with Crippen molar-refractivity contribution in [2.45, 2.75) is 50.8 Å². The normalized spacial score (nSPS) is 11.0. The van der Waals surface area contributed by atoms with Crippen LogP contribution in [0, 0.1) is 0 Å². The zero-order chi connectivity index (χ0) is 20.7. The molecule has 0 saturated heterocycles. The molecule has 2 aromatic rings. The first-order valence-corrected chi connectivity index (χ1v) is 10.4. The largest absolute Gasteiger partial charge is 0.461 e. The van der Waals surface area contributed by atoms with Gasteiger partial charge in [0.2, 0.25) is 6.04 Å². The molecule has 0 saturated carbocycles. The Morgan fingerprint density at radius 2 is 1.25 bits per heavy atom. The average molecular weight is 402 g/mol. The lowest BCUT2D eigenvalue weighted by atomic mass is 10.1. The average Bonchev–Trinajstić information content (AvgIpc) is 2.65. The van der Waals surface area contributed by atoms with Crippen molar-refractivity contribution in [1.29, 1.82) is 0 Å². The number of hydrogen-bond donors (Lipinski definition) is 0. The fourth-order valence-corrected chi connectivity index (χ4v) is 3.09. The summed E-state index contributed by atoms with van der Waals surface area (Å²) in [5, 5.41) is 0.